The van der Waals surface area contributed by atoms with Crippen molar-refractivity contribution in [1.82, 2.24) is 0 Å². The zero-order chi connectivity index (χ0) is 19.5. The number of hydrogen-bond acceptors (Lipinski definition) is 4. The van der Waals surface area contributed by atoms with Crippen molar-refractivity contribution in [3.63, 3.8) is 0 Å². The van der Waals surface area contributed by atoms with Crippen molar-refractivity contribution in [3.05, 3.63) is 23.3 Å². The van der Waals surface area contributed by atoms with Gasteiger partial charge in [0.1, 0.15) is 22.7 Å². The van der Waals surface area contributed by atoms with Crippen molar-refractivity contribution in [1.29, 1.82) is 0 Å². The molecule has 0 amide bonds. The first-order chi connectivity index (χ1) is 11.3. The van der Waals surface area contributed by atoms with E-state index in [9.17, 15) is 5.11 Å². The topological polar surface area (TPSA) is 47.9 Å². The lowest BCUT2D eigenvalue weighted by atomic mass is 10.1. The van der Waals surface area contributed by atoms with Gasteiger partial charge in [0.2, 0.25) is 0 Å². The first-order valence-electron chi connectivity index (χ1n) is 8.45. The first-order valence-corrected chi connectivity index (χ1v) is 11.4. The number of benzene rings is 1. The van der Waals surface area contributed by atoms with Gasteiger partial charge in [0, 0.05) is 0 Å². The first kappa shape index (κ1) is 21.6. The fraction of sp³-hybridized carbons (Fsp3) is 0.600. The summed E-state index contributed by atoms with van der Waals surface area (Å²) in [6, 6.07) is 3.84. The van der Waals surface area contributed by atoms with Crippen LogP contribution in [0, 0.1) is 11.8 Å². The second kappa shape index (κ2) is 7.82. The van der Waals surface area contributed by atoms with Crippen molar-refractivity contribution >= 4 is 8.32 Å². The molecule has 1 rings (SSSR count). The molecule has 4 nitrogen and oxygen atoms in total. The third-order valence-electron chi connectivity index (χ3n) is 4.46. The molecule has 5 heteroatoms. The molecule has 1 N–H and O–H groups in total. The average molecular weight is 365 g/mol. The second-order valence-electron chi connectivity index (χ2n) is 8.23. The lowest BCUT2D eigenvalue weighted by Crippen LogP contribution is -2.40. The van der Waals surface area contributed by atoms with Gasteiger partial charge in [-0.1, -0.05) is 32.6 Å². The third-order valence-corrected chi connectivity index (χ3v) is 8.94. The van der Waals surface area contributed by atoms with Crippen molar-refractivity contribution < 1.29 is 19.0 Å². The molecule has 0 spiro atoms. The maximum atomic E-state index is 9.84. The monoisotopic (exact) mass is 364 g/mol. The summed E-state index contributed by atoms with van der Waals surface area (Å²) in [5.41, 5.74) is 0.524. The maximum Gasteiger partial charge on any atom is 0.192 e. The number of aliphatic hydroxyl groups is 1. The van der Waals surface area contributed by atoms with Gasteiger partial charge >= 0.3 is 0 Å². The number of hydrogen-bond donors (Lipinski definition) is 1. The Bertz CT molecular complexity index is 630. The quantitative estimate of drug-likeness (QED) is 0.623. The van der Waals surface area contributed by atoms with E-state index < -0.39 is 13.9 Å². The highest BCUT2D eigenvalue weighted by Gasteiger charge is 2.37. The van der Waals surface area contributed by atoms with E-state index in [1.165, 1.54) is 0 Å². The van der Waals surface area contributed by atoms with E-state index in [0.29, 0.717) is 23.7 Å². The van der Waals surface area contributed by atoms with Gasteiger partial charge in [0.25, 0.3) is 0 Å². The van der Waals surface area contributed by atoms with Crippen molar-refractivity contribution in [2.45, 2.75) is 65.0 Å². The molecule has 25 heavy (non-hydrogen) atoms. The lowest BCUT2D eigenvalue weighted by molar-refractivity contribution is 0.143. The Hall–Kier alpha value is -1.48. The summed E-state index contributed by atoms with van der Waals surface area (Å²) in [7, 11) is 1.36. The SMILES string of the molecule is COc1cc(CO[Si](C)(C)C(C)(C)C)cc(OC)c1C#CC(C)(C)O. The van der Waals surface area contributed by atoms with E-state index in [0.717, 1.165) is 5.56 Å². The highest BCUT2D eigenvalue weighted by molar-refractivity contribution is 6.74. The van der Waals surface area contributed by atoms with E-state index in [4.69, 9.17) is 13.9 Å². The molecule has 0 atom stereocenters. The standard InChI is InChI=1S/C20H32O4Si/c1-19(2,3)25(8,9)24-14-15-12-17(22-6)16(18(13-15)23-7)10-11-20(4,5)21/h12-13,21H,14H2,1-9H3. The van der Waals surface area contributed by atoms with Crippen molar-refractivity contribution in [3.8, 4) is 23.3 Å². The Labute approximate surface area is 153 Å². The third kappa shape index (κ3) is 6.07. The zero-order valence-electron chi connectivity index (χ0n) is 17.0. The minimum absolute atomic E-state index is 0.152. The van der Waals surface area contributed by atoms with Gasteiger partial charge in [-0.3, -0.25) is 0 Å². The maximum absolute atomic E-state index is 9.84. The van der Waals surface area contributed by atoms with Gasteiger partial charge in [-0.2, -0.15) is 0 Å². The summed E-state index contributed by atoms with van der Waals surface area (Å²) >= 11 is 0. The molecule has 0 aromatic heterocycles. The summed E-state index contributed by atoms with van der Waals surface area (Å²) in [4.78, 5) is 0. The fourth-order valence-electron chi connectivity index (χ4n) is 1.87. The molecule has 0 heterocycles. The molecule has 0 aliphatic rings. The van der Waals surface area contributed by atoms with Gasteiger partial charge in [0.05, 0.1) is 20.8 Å². The van der Waals surface area contributed by atoms with Crippen LogP contribution in [-0.2, 0) is 11.0 Å². The molecule has 1 aromatic rings. The molecule has 0 saturated carbocycles. The molecule has 0 aliphatic carbocycles. The van der Waals surface area contributed by atoms with Crippen LogP contribution in [0.2, 0.25) is 18.1 Å². The Morgan fingerprint density at radius 3 is 1.84 bits per heavy atom. The zero-order valence-corrected chi connectivity index (χ0v) is 18.0. The Morgan fingerprint density at radius 1 is 1.00 bits per heavy atom. The van der Waals surface area contributed by atoms with E-state index >= 15 is 0 Å². The average Bonchev–Trinajstić information content (AvgIpc) is 2.48. The number of ether oxygens (including phenoxy) is 2. The van der Waals surface area contributed by atoms with Crippen LogP contribution in [0.25, 0.3) is 0 Å². The van der Waals surface area contributed by atoms with E-state index in [-0.39, 0.29) is 5.04 Å². The molecule has 0 bridgehead atoms. The van der Waals surface area contributed by atoms with Gasteiger partial charge < -0.3 is 19.0 Å². The summed E-state index contributed by atoms with van der Waals surface area (Å²) in [6.07, 6.45) is 0. The number of rotatable bonds is 5. The summed E-state index contributed by atoms with van der Waals surface area (Å²) < 4.78 is 17.3. The summed E-state index contributed by atoms with van der Waals surface area (Å²) in [5.74, 6) is 7.00. The summed E-state index contributed by atoms with van der Waals surface area (Å²) in [5, 5.41) is 9.99. The smallest absolute Gasteiger partial charge is 0.192 e. The molecular formula is C20H32O4Si. The molecule has 0 unspecified atom stereocenters. The van der Waals surface area contributed by atoms with Crippen molar-refractivity contribution in [2.75, 3.05) is 14.2 Å². The molecule has 0 saturated heterocycles. The molecule has 1 aromatic carbocycles. The minimum Gasteiger partial charge on any atom is -0.495 e. The highest BCUT2D eigenvalue weighted by atomic mass is 28.4. The van der Waals surface area contributed by atoms with Crippen LogP contribution < -0.4 is 9.47 Å². The van der Waals surface area contributed by atoms with Gasteiger partial charge in [-0.05, 0) is 49.7 Å². The lowest BCUT2D eigenvalue weighted by Gasteiger charge is -2.36. The van der Waals surface area contributed by atoms with Crippen LogP contribution in [0.5, 0.6) is 11.5 Å². The van der Waals surface area contributed by atoms with Gasteiger partial charge in [0.15, 0.2) is 8.32 Å². The molecule has 0 radical (unpaired) electrons. The van der Waals surface area contributed by atoms with E-state index in [2.05, 4.69) is 45.7 Å². The highest BCUT2D eigenvalue weighted by Crippen LogP contribution is 2.38. The van der Waals surface area contributed by atoms with Gasteiger partial charge in [-0.25, -0.2) is 0 Å². The van der Waals surface area contributed by atoms with Crippen LogP contribution in [0.4, 0.5) is 0 Å². The van der Waals surface area contributed by atoms with Crippen molar-refractivity contribution in [2.24, 2.45) is 0 Å². The predicted molar refractivity (Wildman–Crippen MR) is 105 cm³/mol. The molecule has 0 aliphatic heterocycles. The fourth-order valence-corrected chi connectivity index (χ4v) is 2.83. The van der Waals surface area contributed by atoms with Crippen LogP contribution in [0.15, 0.2) is 12.1 Å². The predicted octanol–water partition coefficient (Wildman–Crippen LogP) is 4.35. The van der Waals surface area contributed by atoms with Gasteiger partial charge in [-0.15, -0.1) is 0 Å². The van der Waals surface area contributed by atoms with E-state index in [1.54, 1.807) is 28.1 Å². The Balaban J connectivity index is 3.19. The molecular weight excluding hydrogens is 332 g/mol. The van der Waals surface area contributed by atoms with Crippen LogP contribution in [-0.4, -0.2) is 33.2 Å². The normalized spacial score (nSPS) is 12.4. The van der Waals surface area contributed by atoms with Crippen LogP contribution >= 0.6 is 0 Å². The summed E-state index contributed by atoms with van der Waals surface area (Å²) in [6.45, 7) is 14.9. The Kier molecular flexibility index (Phi) is 6.74. The Morgan fingerprint density at radius 2 is 1.48 bits per heavy atom. The molecule has 0 fully saturated rings. The van der Waals surface area contributed by atoms with Crippen LogP contribution in [0.3, 0.4) is 0 Å². The van der Waals surface area contributed by atoms with Crippen LogP contribution in [0.1, 0.15) is 45.7 Å². The minimum atomic E-state index is -1.84. The van der Waals surface area contributed by atoms with E-state index in [1.807, 2.05) is 12.1 Å². The second-order valence-corrected chi connectivity index (χ2v) is 13.0. The largest absolute Gasteiger partial charge is 0.495 e. The molecule has 140 valence electrons. The number of methoxy groups -OCH3 is 2.